The second-order valence-electron chi connectivity index (χ2n) is 15.7. The minimum Gasteiger partial charge on any atom is -0.346 e. The lowest BCUT2D eigenvalue weighted by Gasteiger charge is -2.42. The SMILES string of the molecule is C=CCNC(=O)C(=O)[C@@H]1CCCCCCCCC[C@H](NC(=O)NC2([C@@H]3CCCS3(=O)=O)CCCCC2)C(=O)N2C[C@H]3[C@@H]([C@H]2C(=O)N1)C3(C)C. The van der Waals surface area contributed by atoms with Crippen molar-refractivity contribution in [2.24, 2.45) is 17.3 Å². The molecule has 3 saturated heterocycles. The number of sulfone groups is 1. The number of nitrogens with zero attached hydrogens (tertiary/aromatic N) is 1. The van der Waals surface area contributed by atoms with Crippen LogP contribution >= 0.6 is 0 Å². The van der Waals surface area contributed by atoms with E-state index in [0.29, 0.717) is 51.5 Å². The lowest BCUT2D eigenvalue weighted by Crippen LogP contribution is -2.63. The van der Waals surface area contributed by atoms with Crippen LogP contribution in [0.3, 0.4) is 0 Å². The van der Waals surface area contributed by atoms with Crippen LogP contribution in [-0.2, 0) is 29.0 Å². The van der Waals surface area contributed by atoms with Gasteiger partial charge in [0.05, 0.1) is 22.6 Å². The standard InChI is InChI=1S/C36H57N5O7S/c1-4-21-37-32(44)30(42)25-16-11-8-6-5-7-9-12-17-26(33(45)41-23-24-28(35(24,2)3)29(41)31(43)38-25)39-34(46)40-36(19-13-10-14-20-36)27-18-15-22-49(27,47)48/h4,24-29H,1,5-23H2,2-3H3,(H,37,44)(H,38,43)(H2,39,40,46)/t24-,25-,26-,27-,28-,29-/m0/s1. The maximum absolute atomic E-state index is 14.4. The van der Waals surface area contributed by atoms with Crippen molar-refractivity contribution in [1.82, 2.24) is 26.2 Å². The molecule has 5 amide bonds. The van der Waals surface area contributed by atoms with E-state index in [1.165, 1.54) is 6.08 Å². The third-order valence-electron chi connectivity index (χ3n) is 12.2. The largest absolute Gasteiger partial charge is 0.346 e. The molecule has 5 rings (SSSR count). The van der Waals surface area contributed by atoms with Crippen LogP contribution in [0, 0.1) is 17.3 Å². The molecule has 49 heavy (non-hydrogen) atoms. The molecule has 0 aromatic carbocycles. The number of fused-ring (bicyclic) bond motifs is 3. The highest BCUT2D eigenvalue weighted by atomic mass is 32.2. The lowest BCUT2D eigenvalue weighted by atomic mass is 9.78. The van der Waals surface area contributed by atoms with E-state index in [2.05, 4.69) is 41.7 Å². The van der Waals surface area contributed by atoms with E-state index in [-0.39, 0.29) is 35.5 Å². The highest BCUT2D eigenvalue weighted by Gasteiger charge is 2.69. The molecule has 6 atom stereocenters. The number of ketones is 1. The molecular weight excluding hydrogens is 646 g/mol. The number of amides is 5. The van der Waals surface area contributed by atoms with Crippen LogP contribution in [-0.4, -0.2) is 90.6 Å². The van der Waals surface area contributed by atoms with Crippen LogP contribution in [0.5, 0.6) is 0 Å². The Balaban J connectivity index is 1.37. The normalized spacial score (nSPS) is 32.9. The van der Waals surface area contributed by atoms with Gasteiger partial charge in [-0.25, -0.2) is 13.2 Å². The number of hydrogen-bond acceptors (Lipinski definition) is 7. The van der Waals surface area contributed by atoms with Crippen molar-refractivity contribution in [2.45, 2.75) is 145 Å². The monoisotopic (exact) mass is 703 g/mol. The van der Waals surface area contributed by atoms with Gasteiger partial charge in [-0.15, -0.1) is 6.58 Å². The summed E-state index contributed by atoms with van der Waals surface area (Å²) < 4.78 is 26.2. The molecule has 0 aromatic heterocycles. The van der Waals surface area contributed by atoms with E-state index >= 15 is 0 Å². The fraction of sp³-hybridized carbons (Fsp3) is 0.806. The van der Waals surface area contributed by atoms with Crippen molar-refractivity contribution < 1.29 is 32.4 Å². The molecular formula is C36H57N5O7S. The van der Waals surface area contributed by atoms with Crippen LogP contribution in [0.2, 0.25) is 0 Å². The van der Waals surface area contributed by atoms with Gasteiger partial charge in [0.25, 0.3) is 5.91 Å². The number of nitrogens with one attached hydrogen (secondary N) is 4. The molecule has 0 unspecified atom stereocenters. The van der Waals surface area contributed by atoms with E-state index in [1.54, 1.807) is 4.90 Å². The molecule has 4 N–H and O–H groups in total. The van der Waals surface area contributed by atoms with Crippen molar-refractivity contribution in [1.29, 1.82) is 0 Å². The molecule has 3 heterocycles. The van der Waals surface area contributed by atoms with E-state index < -0.39 is 62.4 Å². The van der Waals surface area contributed by atoms with Gasteiger partial charge in [0.15, 0.2) is 9.84 Å². The molecule has 2 saturated carbocycles. The summed E-state index contributed by atoms with van der Waals surface area (Å²) in [4.78, 5) is 69.8. The van der Waals surface area contributed by atoms with Gasteiger partial charge < -0.3 is 26.2 Å². The van der Waals surface area contributed by atoms with Crippen molar-refractivity contribution in [2.75, 3.05) is 18.8 Å². The first-order valence-corrected chi connectivity index (χ1v) is 20.4. The first-order valence-electron chi connectivity index (χ1n) is 18.7. The molecule has 3 aliphatic heterocycles. The van der Waals surface area contributed by atoms with Gasteiger partial charge in [-0.2, -0.15) is 0 Å². The minimum absolute atomic E-state index is 0.0897. The summed E-state index contributed by atoms with van der Waals surface area (Å²) >= 11 is 0. The van der Waals surface area contributed by atoms with Crippen LogP contribution in [0.1, 0.15) is 117 Å². The summed E-state index contributed by atoms with van der Waals surface area (Å²) in [5, 5.41) is 10.8. The fourth-order valence-corrected chi connectivity index (χ4v) is 11.7. The van der Waals surface area contributed by atoms with Gasteiger partial charge in [0.1, 0.15) is 12.1 Å². The Labute approximate surface area is 291 Å². The average Bonchev–Trinajstić information content (AvgIpc) is 3.37. The smallest absolute Gasteiger partial charge is 0.315 e. The highest BCUT2D eigenvalue weighted by Crippen LogP contribution is 2.65. The van der Waals surface area contributed by atoms with Crippen LogP contribution in [0.25, 0.3) is 0 Å². The summed E-state index contributed by atoms with van der Waals surface area (Å²) in [7, 11) is -3.34. The molecule has 0 radical (unpaired) electrons. The molecule has 5 fully saturated rings. The number of piperidine rings is 1. The van der Waals surface area contributed by atoms with Gasteiger partial charge >= 0.3 is 6.03 Å². The maximum atomic E-state index is 14.4. The van der Waals surface area contributed by atoms with Crippen molar-refractivity contribution in [3.63, 3.8) is 0 Å². The number of Topliss-reactive ketones (excluding diaryl/α,β-unsaturated/α-hetero) is 1. The van der Waals surface area contributed by atoms with Crippen molar-refractivity contribution in [3.8, 4) is 0 Å². The molecule has 0 aromatic rings. The highest BCUT2D eigenvalue weighted by molar-refractivity contribution is 7.92. The first-order chi connectivity index (χ1) is 23.3. The van der Waals surface area contributed by atoms with Crippen molar-refractivity contribution in [3.05, 3.63) is 12.7 Å². The fourth-order valence-electron chi connectivity index (χ4n) is 9.33. The quantitative estimate of drug-likeness (QED) is 0.233. The first kappa shape index (κ1) is 37.3. The van der Waals surface area contributed by atoms with Crippen molar-refractivity contribution >= 4 is 39.4 Å². The second-order valence-corrected chi connectivity index (χ2v) is 18.0. The topological polar surface area (TPSA) is 171 Å². The molecule has 0 spiro atoms. The Morgan fingerprint density at radius 3 is 2.18 bits per heavy atom. The molecule has 12 nitrogen and oxygen atoms in total. The maximum Gasteiger partial charge on any atom is 0.315 e. The third kappa shape index (κ3) is 8.17. The average molecular weight is 704 g/mol. The Kier molecular flexibility index (Phi) is 11.8. The number of carbonyl (C=O) groups is 5. The zero-order valence-corrected chi connectivity index (χ0v) is 30.2. The van der Waals surface area contributed by atoms with Gasteiger partial charge in [0, 0.05) is 13.1 Å². The molecule has 13 heteroatoms. The predicted molar refractivity (Wildman–Crippen MR) is 186 cm³/mol. The Bertz CT molecular complexity index is 1390. The van der Waals surface area contributed by atoms with E-state index in [0.717, 1.165) is 57.8 Å². The third-order valence-corrected chi connectivity index (χ3v) is 14.6. The Hall–Kier alpha value is -2.96. The van der Waals surface area contributed by atoms with E-state index in [1.807, 2.05) is 0 Å². The second kappa shape index (κ2) is 15.5. The van der Waals surface area contributed by atoms with Gasteiger partial charge in [-0.1, -0.05) is 84.1 Å². The molecule has 5 aliphatic rings. The summed E-state index contributed by atoms with van der Waals surface area (Å²) in [6.45, 7) is 8.22. The van der Waals surface area contributed by atoms with Crippen LogP contribution in [0.4, 0.5) is 4.79 Å². The van der Waals surface area contributed by atoms with Gasteiger partial charge in [-0.3, -0.25) is 19.2 Å². The lowest BCUT2D eigenvalue weighted by molar-refractivity contribution is -0.144. The molecule has 274 valence electrons. The number of rotatable bonds is 7. The summed E-state index contributed by atoms with van der Waals surface area (Å²) in [5.41, 5.74) is -1.04. The van der Waals surface area contributed by atoms with Gasteiger partial charge in [-0.05, 0) is 55.8 Å². The van der Waals surface area contributed by atoms with E-state index in [4.69, 9.17) is 0 Å². The van der Waals surface area contributed by atoms with E-state index in [9.17, 15) is 32.4 Å². The predicted octanol–water partition coefficient (Wildman–Crippen LogP) is 3.30. The number of carbonyl (C=O) groups excluding carboxylic acids is 5. The number of urea groups is 1. The zero-order valence-electron chi connectivity index (χ0n) is 29.4. The minimum atomic E-state index is -3.34. The summed E-state index contributed by atoms with van der Waals surface area (Å²) in [6, 6.07) is -3.29. The Morgan fingerprint density at radius 1 is 0.918 bits per heavy atom. The number of hydrogen-bond donors (Lipinski definition) is 4. The molecule has 2 aliphatic carbocycles. The van der Waals surface area contributed by atoms with Crippen LogP contribution in [0.15, 0.2) is 12.7 Å². The zero-order chi connectivity index (χ0) is 35.4. The van der Waals surface area contributed by atoms with Gasteiger partial charge in [0.2, 0.25) is 17.6 Å². The molecule has 0 bridgehead atoms. The summed E-state index contributed by atoms with van der Waals surface area (Å²) in [6.07, 6.45) is 13.2. The van der Waals surface area contributed by atoms with Crippen LogP contribution < -0.4 is 21.3 Å². The Morgan fingerprint density at radius 2 is 1.55 bits per heavy atom. The summed E-state index contributed by atoms with van der Waals surface area (Å²) in [5.74, 6) is -2.18.